The SMILES string of the molecule is CCN(CC)C1CCN(c2cc(C(N)=S)cc(C)n2)C1. The van der Waals surface area contributed by atoms with Crippen LogP contribution < -0.4 is 10.6 Å². The van der Waals surface area contributed by atoms with Crippen molar-refractivity contribution < 1.29 is 0 Å². The Bertz CT molecular complexity index is 485. The summed E-state index contributed by atoms with van der Waals surface area (Å²) in [4.78, 5) is 9.94. The predicted octanol–water partition coefficient (Wildman–Crippen LogP) is 1.94. The van der Waals surface area contributed by atoms with Gasteiger partial charge in [0.15, 0.2) is 0 Å². The molecule has 1 unspecified atom stereocenters. The second-order valence-corrected chi connectivity index (χ2v) is 5.77. The molecule has 1 aliphatic rings. The molecule has 0 amide bonds. The number of nitrogens with zero attached hydrogens (tertiary/aromatic N) is 3. The van der Waals surface area contributed by atoms with Crippen LogP contribution in [0.15, 0.2) is 12.1 Å². The van der Waals surface area contributed by atoms with Gasteiger partial charge in [-0.15, -0.1) is 0 Å². The zero-order valence-corrected chi connectivity index (χ0v) is 13.4. The van der Waals surface area contributed by atoms with Crippen LogP contribution in [0.25, 0.3) is 0 Å². The monoisotopic (exact) mass is 292 g/mol. The Hall–Kier alpha value is -1.20. The van der Waals surface area contributed by atoms with Gasteiger partial charge in [-0.3, -0.25) is 4.90 Å². The molecule has 2 heterocycles. The van der Waals surface area contributed by atoms with Crippen LogP contribution in [-0.4, -0.2) is 47.1 Å². The Morgan fingerprint density at radius 3 is 2.75 bits per heavy atom. The molecule has 1 atom stereocenters. The van der Waals surface area contributed by atoms with Gasteiger partial charge in [0, 0.05) is 30.4 Å². The molecule has 110 valence electrons. The fourth-order valence-corrected chi connectivity index (χ4v) is 3.06. The molecular weight excluding hydrogens is 268 g/mol. The highest BCUT2D eigenvalue weighted by molar-refractivity contribution is 7.80. The van der Waals surface area contributed by atoms with E-state index in [1.165, 1.54) is 6.42 Å². The molecule has 1 aromatic heterocycles. The summed E-state index contributed by atoms with van der Waals surface area (Å²) in [5.74, 6) is 1.00. The first-order chi connectivity index (χ1) is 9.55. The van der Waals surface area contributed by atoms with Crippen LogP contribution in [0.2, 0.25) is 0 Å². The van der Waals surface area contributed by atoms with E-state index in [1.54, 1.807) is 0 Å². The number of aryl methyl sites for hydroxylation is 1. The highest BCUT2D eigenvalue weighted by Crippen LogP contribution is 2.23. The predicted molar refractivity (Wildman–Crippen MR) is 88.4 cm³/mol. The lowest BCUT2D eigenvalue weighted by Gasteiger charge is -2.26. The molecule has 5 heteroatoms. The number of rotatable bonds is 5. The average Bonchev–Trinajstić information content (AvgIpc) is 2.89. The zero-order valence-electron chi connectivity index (χ0n) is 12.6. The molecular formula is C15H24N4S. The van der Waals surface area contributed by atoms with Crippen LogP contribution in [0.5, 0.6) is 0 Å². The van der Waals surface area contributed by atoms with Crippen LogP contribution in [0.4, 0.5) is 5.82 Å². The van der Waals surface area contributed by atoms with E-state index >= 15 is 0 Å². The summed E-state index contributed by atoms with van der Waals surface area (Å²) in [6.45, 7) is 10.7. The number of hydrogen-bond acceptors (Lipinski definition) is 4. The Balaban J connectivity index is 2.15. The number of pyridine rings is 1. The van der Waals surface area contributed by atoms with E-state index in [2.05, 4.69) is 28.6 Å². The minimum atomic E-state index is 0.441. The summed E-state index contributed by atoms with van der Waals surface area (Å²) >= 11 is 5.08. The van der Waals surface area contributed by atoms with E-state index in [1.807, 2.05) is 19.1 Å². The minimum Gasteiger partial charge on any atom is -0.389 e. The molecule has 2 rings (SSSR count). The van der Waals surface area contributed by atoms with Gasteiger partial charge >= 0.3 is 0 Å². The summed E-state index contributed by atoms with van der Waals surface area (Å²) in [6, 6.07) is 4.59. The molecule has 20 heavy (non-hydrogen) atoms. The van der Waals surface area contributed by atoms with Gasteiger partial charge in [0.1, 0.15) is 10.8 Å². The second-order valence-electron chi connectivity index (χ2n) is 5.33. The Morgan fingerprint density at radius 1 is 1.45 bits per heavy atom. The molecule has 0 aliphatic carbocycles. The fourth-order valence-electron chi connectivity index (χ4n) is 2.94. The molecule has 0 bridgehead atoms. The maximum atomic E-state index is 5.75. The summed E-state index contributed by atoms with van der Waals surface area (Å²) < 4.78 is 0. The maximum Gasteiger partial charge on any atom is 0.129 e. The molecule has 0 saturated carbocycles. The lowest BCUT2D eigenvalue weighted by molar-refractivity contribution is 0.232. The third-order valence-electron chi connectivity index (χ3n) is 4.04. The number of likely N-dealkylation sites (N-methyl/N-ethyl adjacent to an activating group) is 1. The fraction of sp³-hybridized carbons (Fsp3) is 0.600. The number of hydrogen-bond donors (Lipinski definition) is 1. The lowest BCUT2D eigenvalue weighted by atomic mass is 10.2. The van der Waals surface area contributed by atoms with Crippen molar-refractivity contribution in [3.05, 3.63) is 23.4 Å². The van der Waals surface area contributed by atoms with Gasteiger partial charge in [-0.25, -0.2) is 4.98 Å². The van der Waals surface area contributed by atoms with E-state index in [0.29, 0.717) is 11.0 Å². The van der Waals surface area contributed by atoms with Gasteiger partial charge in [-0.2, -0.15) is 0 Å². The largest absolute Gasteiger partial charge is 0.389 e. The van der Waals surface area contributed by atoms with Gasteiger partial charge in [-0.05, 0) is 38.6 Å². The second kappa shape index (κ2) is 6.50. The topological polar surface area (TPSA) is 45.4 Å². The van der Waals surface area contributed by atoms with Crippen LogP contribution in [0, 0.1) is 6.92 Å². The Morgan fingerprint density at radius 2 is 2.15 bits per heavy atom. The number of aromatic nitrogens is 1. The van der Waals surface area contributed by atoms with E-state index in [9.17, 15) is 0 Å². The molecule has 0 spiro atoms. The maximum absolute atomic E-state index is 5.75. The van der Waals surface area contributed by atoms with Crippen molar-refractivity contribution in [1.29, 1.82) is 0 Å². The van der Waals surface area contributed by atoms with Gasteiger partial charge in [0.25, 0.3) is 0 Å². The van der Waals surface area contributed by atoms with E-state index < -0.39 is 0 Å². The van der Waals surface area contributed by atoms with Crippen molar-refractivity contribution >= 4 is 23.0 Å². The van der Waals surface area contributed by atoms with Crippen LogP contribution >= 0.6 is 12.2 Å². The minimum absolute atomic E-state index is 0.441. The number of nitrogens with two attached hydrogens (primary N) is 1. The first-order valence-corrected chi connectivity index (χ1v) is 7.73. The Kier molecular flexibility index (Phi) is 4.94. The highest BCUT2D eigenvalue weighted by atomic mass is 32.1. The Labute approximate surface area is 127 Å². The molecule has 1 fully saturated rings. The quantitative estimate of drug-likeness (QED) is 0.840. The molecule has 2 N–H and O–H groups in total. The standard InChI is InChI=1S/C15H24N4S/c1-4-18(5-2)13-6-7-19(10-13)14-9-12(15(16)20)8-11(3)17-14/h8-9,13H,4-7,10H2,1-3H3,(H2,16,20). The summed E-state index contributed by atoms with van der Waals surface area (Å²) in [5.41, 5.74) is 7.63. The van der Waals surface area contributed by atoms with Crippen molar-refractivity contribution in [2.75, 3.05) is 31.1 Å². The molecule has 0 aromatic carbocycles. The van der Waals surface area contributed by atoms with E-state index in [0.717, 1.165) is 43.3 Å². The van der Waals surface area contributed by atoms with Crippen LogP contribution in [0.1, 0.15) is 31.5 Å². The van der Waals surface area contributed by atoms with E-state index in [-0.39, 0.29) is 0 Å². The molecule has 1 saturated heterocycles. The van der Waals surface area contributed by atoms with Gasteiger partial charge < -0.3 is 10.6 Å². The first-order valence-electron chi connectivity index (χ1n) is 7.32. The summed E-state index contributed by atoms with van der Waals surface area (Å²) in [7, 11) is 0. The molecule has 1 aromatic rings. The van der Waals surface area contributed by atoms with Gasteiger partial charge in [0.05, 0.1) is 0 Å². The molecule has 4 nitrogen and oxygen atoms in total. The van der Waals surface area contributed by atoms with Crippen molar-refractivity contribution in [1.82, 2.24) is 9.88 Å². The third-order valence-corrected chi connectivity index (χ3v) is 4.28. The summed E-state index contributed by atoms with van der Waals surface area (Å²) in [6.07, 6.45) is 1.19. The third kappa shape index (κ3) is 3.27. The smallest absolute Gasteiger partial charge is 0.129 e. The lowest BCUT2D eigenvalue weighted by Crippen LogP contribution is -2.37. The van der Waals surface area contributed by atoms with E-state index in [4.69, 9.17) is 18.0 Å². The summed E-state index contributed by atoms with van der Waals surface area (Å²) in [5, 5.41) is 0. The van der Waals surface area contributed by atoms with Crippen molar-refractivity contribution in [2.45, 2.75) is 33.2 Å². The number of anilines is 1. The first kappa shape index (κ1) is 15.2. The van der Waals surface area contributed by atoms with Gasteiger partial charge in [-0.1, -0.05) is 26.1 Å². The molecule has 0 radical (unpaired) electrons. The average molecular weight is 292 g/mol. The highest BCUT2D eigenvalue weighted by Gasteiger charge is 2.27. The zero-order chi connectivity index (χ0) is 14.7. The van der Waals surface area contributed by atoms with Crippen molar-refractivity contribution in [3.8, 4) is 0 Å². The van der Waals surface area contributed by atoms with Crippen LogP contribution in [-0.2, 0) is 0 Å². The van der Waals surface area contributed by atoms with Crippen molar-refractivity contribution in [2.24, 2.45) is 5.73 Å². The molecule has 1 aliphatic heterocycles. The number of thiocarbonyl (C=S) groups is 1. The van der Waals surface area contributed by atoms with Crippen molar-refractivity contribution in [3.63, 3.8) is 0 Å². The van der Waals surface area contributed by atoms with Crippen LogP contribution in [0.3, 0.4) is 0 Å². The normalized spacial score (nSPS) is 18.8. The van der Waals surface area contributed by atoms with Gasteiger partial charge in [0.2, 0.25) is 0 Å².